The first kappa shape index (κ1) is 40.2. The summed E-state index contributed by atoms with van der Waals surface area (Å²) in [7, 11) is 0. The second kappa shape index (κ2) is 24.4. The van der Waals surface area contributed by atoms with Crippen LogP contribution in [-0.4, -0.2) is 57.1 Å². The summed E-state index contributed by atoms with van der Waals surface area (Å²) in [4.78, 5) is 47.1. The van der Waals surface area contributed by atoms with Gasteiger partial charge in [-0.3, -0.25) is 9.59 Å². The molecule has 10 nitrogen and oxygen atoms in total. The number of aliphatic hydroxyl groups excluding tert-OH is 2. The Bertz CT molecular complexity index is 1060. The Morgan fingerprint density at radius 3 is 1.09 bits per heavy atom. The summed E-state index contributed by atoms with van der Waals surface area (Å²) < 4.78 is 11.4. The lowest BCUT2D eigenvalue weighted by Gasteiger charge is -2.14. The number of aliphatic hydroxyl groups is 2. The molecule has 258 valence electrons. The molecule has 1 aromatic rings. The fraction of sp³-hybridized carbons (Fsp3) is 0.611. The van der Waals surface area contributed by atoms with Crippen LogP contribution in [-0.2, 0) is 9.59 Å². The first-order valence-electron chi connectivity index (χ1n) is 16.7. The van der Waals surface area contributed by atoms with Gasteiger partial charge >= 0.3 is 11.9 Å². The summed E-state index contributed by atoms with van der Waals surface area (Å²) in [5.74, 6) is -2.44. The van der Waals surface area contributed by atoms with E-state index in [1.165, 1.54) is 12.1 Å². The number of benzene rings is 1. The summed E-state index contributed by atoms with van der Waals surface area (Å²) in [6.45, 7) is 3.76. The van der Waals surface area contributed by atoms with Crippen molar-refractivity contribution in [2.75, 3.05) is 13.2 Å². The number of unbranched alkanes of at least 4 members (excludes halogenated alkanes) is 14. The van der Waals surface area contributed by atoms with Gasteiger partial charge in [0.25, 0.3) is 0 Å². The minimum atomic E-state index is -1.22. The third kappa shape index (κ3) is 17.0. The Morgan fingerprint density at radius 1 is 0.522 bits per heavy atom. The van der Waals surface area contributed by atoms with Crippen molar-refractivity contribution in [2.24, 2.45) is 0 Å². The fourth-order valence-electron chi connectivity index (χ4n) is 4.93. The number of carboxylic acid groups (broad SMARTS) is 2. The van der Waals surface area contributed by atoms with Gasteiger partial charge in [-0.15, -0.1) is 0 Å². The Hall–Kier alpha value is -3.82. The monoisotopic (exact) mass is 646 g/mol. The molecule has 10 heteroatoms. The summed E-state index contributed by atoms with van der Waals surface area (Å²) >= 11 is 0. The molecule has 1 aromatic carbocycles. The van der Waals surface area contributed by atoms with Crippen LogP contribution in [0.5, 0.6) is 11.5 Å². The molecule has 0 aliphatic heterocycles. The first-order valence-corrected chi connectivity index (χ1v) is 16.7. The van der Waals surface area contributed by atoms with Gasteiger partial charge in [0.15, 0.2) is 11.6 Å². The van der Waals surface area contributed by atoms with Crippen molar-refractivity contribution >= 4 is 23.5 Å². The molecule has 0 saturated heterocycles. The SMILES string of the molecule is C/C(=C\O)C(=O)CCCCCCCCCCOc1cc(C(=O)O)c(OCCCCCCCCCCC(=O)/C(C)=C/O)cc1C(=O)O. The summed E-state index contributed by atoms with van der Waals surface area (Å²) in [5.41, 5.74) is 0.512. The van der Waals surface area contributed by atoms with Crippen LogP contribution in [0, 0.1) is 0 Å². The van der Waals surface area contributed by atoms with E-state index in [9.17, 15) is 29.4 Å². The van der Waals surface area contributed by atoms with E-state index in [4.69, 9.17) is 19.7 Å². The molecule has 0 aliphatic carbocycles. The third-order valence-electron chi connectivity index (χ3n) is 7.92. The number of aromatic carboxylic acids is 2. The fourth-order valence-corrected chi connectivity index (χ4v) is 4.93. The minimum absolute atomic E-state index is 0.0161. The normalized spacial score (nSPS) is 11.8. The summed E-state index contributed by atoms with van der Waals surface area (Å²) in [6, 6.07) is 2.47. The number of Topliss-reactive ketones (excluding diaryl/α,β-unsaturated/α-hetero) is 2. The molecule has 1 rings (SSSR count). The van der Waals surface area contributed by atoms with E-state index in [-0.39, 0.29) is 47.4 Å². The van der Waals surface area contributed by atoms with Gasteiger partial charge in [0.05, 0.1) is 25.7 Å². The number of carbonyl (C=O) groups is 4. The van der Waals surface area contributed by atoms with Crippen LogP contribution in [0.3, 0.4) is 0 Å². The number of rotatable bonds is 28. The molecule has 0 bridgehead atoms. The van der Waals surface area contributed by atoms with Gasteiger partial charge in [-0.2, -0.15) is 0 Å². The Morgan fingerprint density at radius 2 is 0.804 bits per heavy atom. The maximum Gasteiger partial charge on any atom is 0.339 e. The second-order valence-electron chi connectivity index (χ2n) is 11.8. The summed E-state index contributed by atoms with van der Waals surface area (Å²) in [6.07, 6.45) is 17.7. The van der Waals surface area contributed by atoms with E-state index >= 15 is 0 Å². The average Bonchev–Trinajstić information content (AvgIpc) is 3.04. The number of carbonyl (C=O) groups excluding carboxylic acids is 2. The number of carboxylic acids is 2. The second-order valence-corrected chi connectivity index (χ2v) is 11.8. The Balaban J connectivity index is 2.34. The zero-order valence-corrected chi connectivity index (χ0v) is 27.7. The van der Waals surface area contributed by atoms with Crippen LogP contribution in [0.2, 0.25) is 0 Å². The smallest absolute Gasteiger partial charge is 0.339 e. The molecule has 0 unspecified atom stereocenters. The molecular weight excluding hydrogens is 592 g/mol. The molecule has 0 spiro atoms. The van der Waals surface area contributed by atoms with Crippen LogP contribution in [0.15, 0.2) is 35.8 Å². The highest BCUT2D eigenvalue weighted by atomic mass is 16.5. The van der Waals surface area contributed by atoms with Gasteiger partial charge in [-0.1, -0.05) is 77.0 Å². The van der Waals surface area contributed by atoms with Crippen molar-refractivity contribution < 1.29 is 49.1 Å². The number of hydrogen-bond acceptors (Lipinski definition) is 8. The molecule has 0 aliphatic rings. The third-order valence-corrected chi connectivity index (χ3v) is 7.92. The first-order chi connectivity index (χ1) is 22.1. The zero-order chi connectivity index (χ0) is 34.2. The Labute approximate surface area is 273 Å². The highest BCUT2D eigenvalue weighted by Crippen LogP contribution is 2.30. The van der Waals surface area contributed by atoms with Crippen molar-refractivity contribution in [3.05, 3.63) is 46.9 Å². The summed E-state index contributed by atoms with van der Waals surface area (Å²) in [5, 5.41) is 37.1. The highest BCUT2D eigenvalue weighted by Gasteiger charge is 2.21. The quantitative estimate of drug-likeness (QED) is 0.0392. The molecule has 0 amide bonds. The number of ether oxygens (including phenoxy) is 2. The average molecular weight is 647 g/mol. The van der Waals surface area contributed by atoms with Crippen molar-refractivity contribution in [1.82, 2.24) is 0 Å². The van der Waals surface area contributed by atoms with E-state index in [1.54, 1.807) is 13.8 Å². The van der Waals surface area contributed by atoms with Gasteiger partial charge in [-0.25, -0.2) is 9.59 Å². The van der Waals surface area contributed by atoms with Crippen LogP contribution in [0.4, 0.5) is 0 Å². The number of allylic oxidation sites excluding steroid dienone is 2. The van der Waals surface area contributed by atoms with E-state index < -0.39 is 11.9 Å². The van der Waals surface area contributed by atoms with Gasteiger partial charge in [0.1, 0.15) is 22.6 Å². The van der Waals surface area contributed by atoms with E-state index in [0.29, 0.717) is 36.8 Å². The lowest BCUT2D eigenvalue weighted by atomic mass is 10.0. The number of ketones is 2. The van der Waals surface area contributed by atoms with Crippen molar-refractivity contribution in [3.63, 3.8) is 0 Å². The van der Waals surface area contributed by atoms with Crippen LogP contribution in [0.25, 0.3) is 0 Å². The molecular formula is C36H54O10. The standard InChI is InChI=1S/C36H54O10/c1-27(25-37)31(39)19-15-11-7-3-5-9-13-17-21-45-33-23-30(36(43)44)34(24-29(33)35(41)42)46-22-18-14-10-6-4-8-12-16-20-32(40)28(2)26-38/h23-26,37-38H,3-22H2,1-2H3,(H,41,42)(H,43,44)/b27-25+,28-26+. The van der Waals surface area contributed by atoms with Crippen LogP contribution in [0.1, 0.15) is 150 Å². The number of hydrogen-bond donors (Lipinski definition) is 4. The Kier molecular flexibility index (Phi) is 21.3. The van der Waals surface area contributed by atoms with Crippen LogP contribution < -0.4 is 9.47 Å². The molecule has 0 radical (unpaired) electrons. The molecule has 0 aromatic heterocycles. The van der Waals surface area contributed by atoms with Crippen molar-refractivity contribution in [2.45, 2.75) is 129 Å². The predicted octanol–water partition coefficient (Wildman–Crippen LogP) is 8.92. The molecule has 0 atom stereocenters. The zero-order valence-electron chi connectivity index (χ0n) is 27.7. The minimum Gasteiger partial charge on any atom is -0.515 e. The maximum atomic E-state index is 11.9. The molecule has 0 fully saturated rings. The van der Waals surface area contributed by atoms with E-state index in [1.807, 2.05) is 0 Å². The van der Waals surface area contributed by atoms with Crippen molar-refractivity contribution in [3.8, 4) is 11.5 Å². The van der Waals surface area contributed by atoms with Crippen molar-refractivity contribution in [1.29, 1.82) is 0 Å². The lowest BCUT2D eigenvalue weighted by molar-refractivity contribution is -0.116. The molecule has 4 N–H and O–H groups in total. The molecule has 46 heavy (non-hydrogen) atoms. The van der Waals surface area contributed by atoms with Crippen LogP contribution >= 0.6 is 0 Å². The van der Waals surface area contributed by atoms with Gasteiger partial charge < -0.3 is 29.9 Å². The van der Waals surface area contributed by atoms with Gasteiger partial charge in [0, 0.05) is 24.0 Å². The molecule has 0 heterocycles. The van der Waals surface area contributed by atoms with E-state index in [2.05, 4.69) is 0 Å². The topological polar surface area (TPSA) is 168 Å². The highest BCUT2D eigenvalue weighted by molar-refractivity contribution is 5.97. The van der Waals surface area contributed by atoms with Gasteiger partial charge in [0.2, 0.25) is 0 Å². The largest absolute Gasteiger partial charge is 0.515 e. The van der Waals surface area contributed by atoms with E-state index in [0.717, 1.165) is 102 Å². The molecule has 0 saturated carbocycles. The van der Waals surface area contributed by atoms with Gasteiger partial charge in [-0.05, 0) is 51.7 Å². The predicted molar refractivity (Wildman–Crippen MR) is 177 cm³/mol. The maximum absolute atomic E-state index is 11.9. The lowest BCUT2D eigenvalue weighted by Crippen LogP contribution is -2.10.